The Bertz CT molecular complexity index is 593. The number of amides is 1. The lowest BCUT2D eigenvalue weighted by molar-refractivity contribution is 0.0904. The van der Waals surface area contributed by atoms with Crippen molar-refractivity contribution in [3.05, 3.63) is 71.8 Å². The molecule has 0 saturated heterocycles. The number of hydrogen-bond acceptors (Lipinski definition) is 2. The van der Waals surface area contributed by atoms with Crippen LogP contribution in [0.5, 0.6) is 0 Å². The van der Waals surface area contributed by atoms with Gasteiger partial charge in [-0.3, -0.25) is 9.59 Å². The van der Waals surface area contributed by atoms with Crippen LogP contribution in [0.4, 0.5) is 0 Å². The zero-order chi connectivity index (χ0) is 15.1. The molecule has 3 nitrogen and oxygen atoms in total. The van der Waals surface area contributed by atoms with E-state index >= 15 is 0 Å². The number of rotatable bonds is 6. The molecule has 0 bridgehead atoms. The quantitative estimate of drug-likeness (QED) is 0.826. The molecule has 3 heteroatoms. The molecule has 0 aromatic heterocycles. The van der Waals surface area contributed by atoms with E-state index in [2.05, 4.69) is 5.32 Å². The van der Waals surface area contributed by atoms with Crippen LogP contribution in [0.1, 0.15) is 34.1 Å². The molecular formula is C18H19NO2. The monoisotopic (exact) mass is 281 g/mol. The van der Waals surface area contributed by atoms with Crippen molar-refractivity contribution in [2.24, 2.45) is 5.92 Å². The Morgan fingerprint density at radius 2 is 1.43 bits per heavy atom. The van der Waals surface area contributed by atoms with Gasteiger partial charge in [-0.25, -0.2) is 0 Å². The molecule has 21 heavy (non-hydrogen) atoms. The standard InChI is InChI=1S/C18H19NO2/c1-14(17(20)15-8-4-2-5-9-15)12-13-19-18(21)16-10-6-3-7-11-16/h2-11,14H,12-13H2,1H3,(H,19,21). The first-order valence-electron chi connectivity index (χ1n) is 7.11. The number of nitrogens with one attached hydrogen (secondary N) is 1. The molecule has 0 fully saturated rings. The summed E-state index contributed by atoms with van der Waals surface area (Å²) in [7, 11) is 0. The molecule has 0 aliphatic rings. The van der Waals surface area contributed by atoms with Crippen LogP contribution in [-0.2, 0) is 0 Å². The van der Waals surface area contributed by atoms with Gasteiger partial charge in [-0.2, -0.15) is 0 Å². The third-order valence-corrected chi connectivity index (χ3v) is 3.40. The van der Waals surface area contributed by atoms with E-state index in [1.165, 1.54) is 0 Å². The van der Waals surface area contributed by atoms with Crippen molar-refractivity contribution in [2.45, 2.75) is 13.3 Å². The zero-order valence-corrected chi connectivity index (χ0v) is 12.1. The topological polar surface area (TPSA) is 46.2 Å². The van der Waals surface area contributed by atoms with Gasteiger partial charge in [0.15, 0.2) is 5.78 Å². The first kappa shape index (κ1) is 15.0. The highest BCUT2D eigenvalue weighted by atomic mass is 16.1. The van der Waals surface area contributed by atoms with Crippen LogP contribution in [-0.4, -0.2) is 18.2 Å². The first-order chi connectivity index (χ1) is 10.2. The normalized spacial score (nSPS) is 11.7. The van der Waals surface area contributed by atoms with Crippen LogP contribution in [0.15, 0.2) is 60.7 Å². The van der Waals surface area contributed by atoms with Gasteiger partial charge >= 0.3 is 0 Å². The molecule has 2 aromatic rings. The lowest BCUT2D eigenvalue weighted by atomic mass is 9.96. The predicted molar refractivity (Wildman–Crippen MR) is 83.3 cm³/mol. The Labute approximate surface area is 125 Å². The van der Waals surface area contributed by atoms with E-state index in [1.54, 1.807) is 12.1 Å². The summed E-state index contributed by atoms with van der Waals surface area (Å²) in [5.74, 6) is -0.0945. The van der Waals surface area contributed by atoms with Crippen LogP contribution in [0.3, 0.4) is 0 Å². The van der Waals surface area contributed by atoms with Crippen molar-refractivity contribution in [1.29, 1.82) is 0 Å². The van der Waals surface area contributed by atoms with Gasteiger partial charge in [0.1, 0.15) is 0 Å². The second-order valence-electron chi connectivity index (χ2n) is 5.04. The Balaban J connectivity index is 1.81. The van der Waals surface area contributed by atoms with Crippen LogP contribution in [0.25, 0.3) is 0 Å². The van der Waals surface area contributed by atoms with Crippen molar-refractivity contribution in [3.63, 3.8) is 0 Å². The molecule has 1 atom stereocenters. The first-order valence-corrected chi connectivity index (χ1v) is 7.11. The summed E-state index contributed by atoms with van der Waals surface area (Å²) < 4.78 is 0. The average molecular weight is 281 g/mol. The highest BCUT2D eigenvalue weighted by Gasteiger charge is 2.15. The summed E-state index contributed by atoms with van der Waals surface area (Å²) >= 11 is 0. The summed E-state index contributed by atoms with van der Waals surface area (Å²) in [6.07, 6.45) is 0.631. The lowest BCUT2D eigenvalue weighted by Gasteiger charge is -2.11. The summed E-state index contributed by atoms with van der Waals surface area (Å²) in [6, 6.07) is 18.3. The Kier molecular flexibility index (Phi) is 5.27. The molecule has 1 unspecified atom stereocenters. The van der Waals surface area contributed by atoms with Crippen LogP contribution >= 0.6 is 0 Å². The molecule has 2 rings (SSSR count). The molecule has 0 aliphatic heterocycles. The average Bonchev–Trinajstić information content (AvgIpc) is 2.55. The summed E-state index contributed by atoms with van der Waals surface area (Å²) in [6.45, 7) is 2.39. The van der Waals surface area contributed by atoms with Gasteiger partial charge in [0.2, 0.25) is 0 Å². The minimum absolute atomic E-state index is 0.102. The fourth-order valence-electron chi connectivity index (χ4n) is 2.11. The molecule has 0 heterocycles. The van der Waals surface area contributed by atoms with Gasteiger partial charge in [0.25, 0.3) is 5.91 Å². The van der Waals surface area contributed by atoms with E-state index in [1.807, 2.05) is 55.5 Å². The van der Waals surface area contributed by atoms with Gasteiger partial charge in [-0.05, 0) is 18.6 Å². The maximum Gasteiger partial charge on any atom is 0.251 e. The largest absolute Gasteiger partial charge is 0.352 e. The van der Waals surface area contributed by atoms with Gasteiger partial charge in [-0.15, -0.1) is 0 Å². The lowest BCUT2D eigenvalue weighted by Crippen LogP contribution is -2.27. The third-order valence-electron chi connectivity index (χ3n) is 3.40. The highest BCUT2D eigenvalue weighted by molar-refractivity contribution is 5.97. The minimum atomic E-state index is -0.108. The number of carbonyl (C=O) groups is 2. The zero-order valence-electron chi connectivity index (χ0n) is 12.1. The minimum Gasteiger partial charge on any atom is -0.352 e. The van der Waals surface area contributed by atoms with Crippen molar-refractivity contribution >= 4 is 11.7 Å². The molecule has 1 N–H and O–H groups in total. The SMILES string of the molecule is CC(CCNC(=O)c1ccccc1)C(=O)c1ccccc1. The van der Waals surface area contributed by atoms with E-state index in [-0.39, 0.29) is 17.6 Å². The van der Waals surface area contributed by atoms with Crippen molar-refractivity contribution < 1.29 is 9.59 Å². The Morgan fingerprint density at radius 1 is 0.905 bits per heavy atom. The fraction of sp³-hybridized carbons (Fsp3) is 0.222. The van der Waals surface area contributed by atoms with Crippen LogP contribution in [0, 0.1) is 5.92 Å². The maximum absolute atomic E-state index is 12.2. The number of hydrogen-bond donors (Lipinski definition) is 1. The summed E-state index contributed by atoms with van der Waals surface area (Å²) in [5.41, 5.74) is 1.36. The number of benzene rings is 2. The van der Waals surface area contributed by atoms with Gasteiger partial charge in [-0.1, -0.05) is 55.5 Å². The molecule has 0 spiro atoms. The van der Waals surface area contributed by atoms with E-state index < -0.39 is 0 Å². The van der Waals surface area contributed by atoms with Crippen molar-refractivity contribution in [1.82, 2.24) is 5.32 Å². The van der Waals surface area contributed by atoms with Crippen LogP contribution in [0.2, 0.25) is 0 Å². The van der Waals surface area contributed by atoms with E-state index in [0.29, 0.717) is 18.5 Å². The molecule has 0 radical (unpaired) electrons. The summed E-state index contributed by atoms with van der Waals surface area (Å²) in [5, 5.41) is 2.85. The van der Waals surface area contributed by atoms with E-state index in [9.17, 15) is 9.59 Å². The Hall–Kier alpha value is -2.42. The molecule has 2 aromatic carbocycles. The number of Topliss-reactive ketones (excluding diaryl/α,β-unsaturated/α-hetero) is 1. The second-order valence-corrected chi connectivity index (χ2v) is 5.04. The number of carbonyl (C=O) groups excluding carboxylic acids is 2. The third kappa shape index (κ3) is 4.28. The molecule has 108 valence electrons. The van der Waals surface area contributed by atoms with E-state index in [4.69, 9.17) is 0 Å². The van der Waals surface area contributed by atoms with Crippen LogP contribution < -0.4 is 5.32 Å². The van der Waals surface area contributed by atoms with Gasteiger partial charge in [0.05, 0.1) is 0 Å². The van der Waals surface area contributed by atoms with Crippen molar-refractivity contribution in [3.8, 4) is 0 Å². The Morgan fingerprint density at radius 3 is 2.00 bits per heavy atom. The fourth-order valence-corrected chi connectivity index (χ4v) is 2.11. The second kappa shape index (κ2) is 7.39. The number of ketones is 1. The summed E-state index contributed by atoms with van der Waals surface area (Å²) in [4.78, 5) is 24.0. The maximum atomic E-state index is 12.2. The molecular weight excluding hydrogens is 262 g/mol. The predicted octanol–water partition coefficient (Wildman–Crippen LogP) is 3.33. The smallest absolute Gasteiger partial charge is 0.251 e. The molecule has 0 saturated carbocycles. The molecule has 1 amide bonds. The van der Waals surface area contributed by atoms with Gasteiger partial charge < -0.3 is 5.32 Å². The highest BCUT2D eigenvalue weighted by Crippen LogP contribution is 2.11. The van der Waals surface area contributed by atoms with Crippen molar-refractivity contribution in [2.75, 3.05) is 6.54 Å². The van der Waals surface area contributed by atoms with Gasteiger partial charge in [0, 0.05) is 23.6 Å². The van der Waals surface area contributed by atoms with E-state index in [0.717, 1.165) is 5.56 Å². The molecule has 0 aliphatic carbocycles.